The van der Waals surface area contributed by atoms with E-state index < -0.39 is 0 Å². The second-order valence-corrected chi connectivity index (χ2v) is 6.28. The predicted molar refractivity (Wildman–Crippen MR) is 78.0 cm³/mol. The number of carbonyl (C=O) groups is 1. The summed E-state index contributed by atoms with van der Waals surface area (Å²) in [6.45, 7) is 5.16. The number of carbonyl (C=O) groups excluding carboxylic acids is 1. The summed E-state index contributed by atoms with van der Waals surface area (Å²) in [5.74, 6) is 2.01. The Hall–Kier alpha value is -0.630. The lowest BCUT2D eigenvalue weighted by Crippen LogP contribution is -2.29. The molecule has 2 aliphatic carbocycles. The minimum absolute atomic E-state index is 0.360. The standard InChI is InChI=1S/C17H28O2/c1-2-12-19-13-14-8-10-16(11-9-14)17(18)15-6-4-3-5-7-15/h2,14-16H,1,3-13H2. The number of rotatable bonds is 6. The molecule has 0 spiro atoms. The van der Waals surface area contributed by atoms with Gasteiger partial charge in [0.05, 0.1) is 6.61 Å². The van der Waals surface area contributed by atoms with E-state index in [2.05, 4.69) is 6.58 Å². The molecule has 2 aliphatic rings. The fourth-order valence-corrected chi connectivity index (χ4v) is 3.65. The highest BCUT2D eigenvalue weighted by molar-refractivity contribution is 5.83. The molecule has 0 aromatic rings. The van der Waals surface area contributed by atoms with Crippen LogP contribution in [0.5, 0.6) is 0 Å². The molecule has 0 radical (unpaired) electrons. The lowest BCUT2D eigenvalue weighted by molar-refractivity contribution is -0.129. The second-order valence-electron chi connectivity index (χ2n) is 6.28. The van der Waals surface area contributed by atoms with Gasteiger partial charge in [-0.2, -0.15) is 0 Å². The molecule has 2 fully saturated rings. The lowest BCUT2D eigenvalue weighted by atomic mass is 9.74. The minimum atomic E-state index is 0.360. The van der Waals surface area contributed by atoms with Gasteiger partial charge in [-0.25, -0.2) is 0 Å². The molecule has 0 aromatic heterocycles. The van der Waals surface area contributed by atoms with E-state index in [9.17, 15) is 4.79 Å². The molecule has 0 atom stereocenters. The Morgan fingerprint density at radius 3 is 2.26 bits per heavy atom. The van der Waals surface area contributed by atoms with Gasteiger partial charge < -0.3 is 4.74 Å². The molecule has 2 saturated carbocycles. The van der Waals surface area contributed by atoms with Crippen molar-refractivity contribution in [2.75, 3.05) is 13.2 Å². The van der Waals surface area contributed by atoms with Gasteiger partial charge in [0.25, 0.3) is 0 Å². The maximum Gasteiger partial charge on any atom is 0.139 e. The Morgan fingerprint density at radius 1 is 1.00 bits per heavy atom. The monoisotopic (exact) mass is 264 g/mol. The predicted octanol–water partition coefficient (Wildman–Crippen LogP) is 4.14. The van der Waals surface area contributed by atoms with Crippen LogP contribution in [0.2, 0.25) is 0 Å². The zero-order valence-electron chi connectivity index (χ0n) is 12.1. The van der Waals surface area contributed by atoms with Gasteiger partial charge in [0.15, 0.2) is 0 Å². The summed E-state index contributed by atoms with van der Waals surface area (Å²) in [6.07, 6.45) is 12.5. The van der Waals surface area contributed by atoms with Crippen LogP contribution in [0.4, 0.5) is 0 Å². The largest absolute Gasteiger partial charge is 0.377 e. The normalized spacial score (nSPS) is 29.1. The third kappa shape index (κ3) is 4.45. The molecule has 2 heteroatoms. The Labute approximate surface area is 117 Å². The van der Waals surface area contributed by atoms with Crippen molar-refractivity contribution >= 4 is 5.78 Å². The van der Waals surface area contributed by atoms with E-state index in [-0.39, 0.29) is 0 Å². The molecular weight excluding hydrogens is 236 g/mol. The molecule has 2 nitrogen and oxygen atoms in total. The molecule has 0 aliphatic heterocycles. The van der Waals surface area contributed by atoms with Crippen LogP contribution in [-0.2, 0) is 9.53 Å². The third-order valence-electron chi connectivity index (χ3n) is 4.85. The average Bonchev–Trinajstić information content (AvgIpc) is 2.48. The Bertz CT molecular complexity index is 284. The molecule has 0 aromatic carbocycles. The van der Waals surface area contributed by atoms with Crippen molar-refractivity contribution < 1.29 is 9.53 Å². The Morgan fingerprint density at radius 2 is 1.63 bits per heavy atom. The fourth-order valence-electron chi connectivity index (χ4n) is 3.65. The highest BCUT2D eigenvalue weighted by atomic mass is 16.5. The van der Waals surface area contributed by atoms with Gasteiger partial charge in [-0.1, -0.05) is 25.3 Å². The number of hydrogen-bond donors (Lipinski definition) is 0. The average molecular weight is 264 g/mol. The van der Waals surface area contributed by atoms with Crippen LogP contribution in [-0.4, -0.2) is 19.0 Å². The molecule has 19 heavy (non-hydrogen) atoms. The number of Topliss-reactive ketones (excluding diaryl/α,β-unsaturated/α-hetero) is 1. The zero-order valence-corrected chi connectivity index (χ0v) is 12.1. The number of ketones is 1. The molecule has 0 saturated heterocycles. The molecule has 0 heterocycles. The summed E-state index contributed by atoms with van der Waals surface area (Å²) in [7, 11) is 0. The molecule has 2 rings (SSSR count). The molecule has 0 N–H and O–H groups in total. The third-order valence-corrected chi connectivity index (χ3v) is 4.85. The van der Waals surface area contributed by atoms with E-state index in [0.717, 1.165) is 32.3 Å². The van der Waals surface area contributed by atoms with Crippen molar-refractivity contribution in [2.24, 2.45) is 17.8 Å². The van der Waals surface area contributed by atoms with Gasteiger partial charge in [0, 0.05) is 18.4 Å². The topological polar surface area (TPSA) is 26.3 Å². The van der Waals surface area contributed by atoms with Crippen molar-refractivity contribution in [1.29, 1.82) is 0 Å². The first-order valence-corrected chi connectivity index (χ1v) is 8.03. The summed E-state index contributed by atoms with van der Waals surface area (Å²) in [5, 5.41) is 0. The van der Waals surface area contributed by atoms with Gasteiger partial charge in [-0.15, -0.1) is 6.58 Å². The Balaban J connectivity index is 1.69. The minimum Gasteiger partial charge on any atom is -0.377 e. The Kier molecular flexibility index (Phi) is 6.09. The van der Waals surface area contributed by atoms with Crippen molar-refractivity contribution in [3.8, 4) is 0 Å². The fraction of sp³-hybridized carbons (Fsp3) is 0.824. The van der Waals surface area contributed by atoms with Crippen LogP contribution in [0.15, 0.2) is 12.7 Å². The summed E-state index contributed by atoms with van der Waals surface area (Å²) in [5.41, 5.74) is 0. The molecule has 0 bridgehead atoms. The zero-order chi connectivity index (χ0) is 13.5. The molecule has 0 unspecified atom stereocenters. The first kappa shape index (κ1) is 14.8. The van der Waals surface area contributed by atoms with E-state index in [1.54, 1.807) is 6.08 Å². The van der Waals surface area contributed by atoms with E-state index >= 15 is 0 Å². The van der Waals surface area contributed by atoms with Gasteiger partial charge in [0.2, 0.25) is 0 Å². The van der Waals surface area contributed by atoms with Crippen LogP contribution in [0.25, 0.3) is 0 Å². The van der Waals surface area contributed by atoms with Crippen LogP contribution in [0.3, 0.4) is 0 Å². The summed E-state index contributed by atoms with van der Waals surface area (Å²) in [4.78, 5) is 12.5. The van der Waals surface area contributed by atoms with Gasteiger partial charge in [0.1, 0.15) is 5.78 Å². The SMILES string of the molecule is C=CCOCC1CCC(C(=O)C2CCCCC2)CC1. The maximum absolute atomic E-state index is 12.5. The molecular formula is C17H28O2. The number of ether oxygens (including phenoxy) is 1. The quantitative estimate of drug-likeness (QED) is 0.532. The van der Waals surface area contributed by atoms with Gasteiger partial charge in [-0.3, -0.25) is 4.79 Å². The first-order chi connectivity index (χ1) is 9.31. The summed E-state index contributed by atoms with van der Waals surface area (Å²) in [6, 6.07) is 0. The van der Waals surface area contributed by atoms with E-state index in [4.69, 9.17) is 4.74 Å². The van der Waals surface area contributed by atoms with Crippen molar-refractivity contribution in [1.82, 2.24) is 0 Å². The van der Waals surface area contributed by atoms with E-state index in [0.29, 0.717) is 30.1 Å². The summed E-state index contributed by atoms with van der Waals surface area (Å²) < 4.78 is 5.53. The van der Waals surface area contributed by atoms with E-state index in [1.165, 1.54) is 32.1 Å². The van der Waals surface area contributed by atoms with Crippen molar-refractivity contribution in [3.63, 3.8) is 0 Å². The lowest BCUT2D eigenvalue weighted by Gasteiger charge is -2.31. The summed E-state index contributed by atoms with van der Waals surface area (Å²) >= 11 is 0. The second kappa shape index (κ2) is 7.84. The van der Waals surface area contributed by atoms with Crippen LogP contribution >= 0.6 is 0 Å². The van der Waals surface area contributed by atoms with Crippen LogP contribution in [0.1, 0.15) is 57.8 Å². The number of hydrogen-bond acceptors (Lipinski definition) is 2. The van der Waals surface area contributed by atoms with Crippen molar-refractivity contribution in [2.45, 2.75) is 57.8 Å². The highest BCUT2D eigenvalue weighted by Gasteiger charge is 2.31. The van der Waals surface area contributed by atoms with Crippen molar-refractivity contribution in [3.05, 3.63) is 12.7 Å². The first-order valence-electron chi connectivity index (χ1n) is 8.03. The van der Waals surface area contributed by atoms with E-state index in [1.807, 2.05) is 0 Å². The smallest absolute Gasteiger partial charge is 0.139 e. The molecule has 0 amide bonds. The van der Waals surface area contributed by atoms with Gasteiger partial charge in [-0.05, 0) is 44.4 Å². The highest BCUT2D eigenvalue weighted by Crippen LogP contribution is 2.34. The van der Waals surface area contributed by atoms with Crippen LogP contribution < -0.4 is 0 Å². The van der Waals surface area contributed by atoms with Gasteiger partial charge >= 0.3 is 0 Å². The molecule has 108 valence electrons. The maximum atomic E-state index is 12.5. The van der Waals surface area contributed by atoms with Crippen LogP contribution in [0, 0.1) is 17.8 Å².